The number of carbonyl (C=O) groups is 1. The number of carbonyl (C=O) groups excluding carboxylic acids is 1. The number of ether oxygens (including phenoxy) is 2. The van der Waals surface area contributed by atoms with Crippen molar-refractivity contribution in [3.05, 3.63) is 36.4 Å². The lowest BCUT2D eigenvalue weighted by Gasteiger charge is -2.03. The van der Waals surface area contributed by atoms with Crippen LogP contribution in [0.15, 0.2) is 36.4 Å². The van der Waals surface area contributed by atoms with E-state index in [1.54, 1.807) is 19.2 Å². The zero-order chi connectivity index (χ0) is 10.7. The Morgan fingerprint density at radius 2 is 1.67 bits per heavy atom. The number of methoxy groups -OCH3 is 1. The Balaban J connectivity index is 2.52. The fourth-order valence-corrected chi connectivity index (χ4v) is 1.46. The van der Waals surface area contributed by atoms with E-state index in [1.165, 1.54) is 0 Å². The highest BCUT2D eigenvalue weighted by Crippen LogP contribution is 2.24. The normalized spacial score (nSPS) is 9.93. The van der Waals surface area contributed by atoms with E-state index in [2.05, 4.69) is 0 Å². The average Bonchev–Trinajstić information content (AvgIpc) is 2.28. The van der Waals surface area contributed by atoms with Crippen molar-refractivity contribution in [2.45, 2.75) is 0 Å². The van der Waals surface area contributed by atoms with Gasteiger partial charge in [0.25, 0.3) is 6.47 Å². The minimum atomic E-state index is 0.418. The van der Waals surface area contributed by atoms with Crippen LogP contribution in [0.5, 0.6) is 11.5 Å². The van der Waals surface area contributed by atoms with Crippen molar-refractivity contribution in [1.82, 2.24) is 0 Å². The van der Waals surface area contributed by atoms with E-state index >= 15 is 0 Å². The first kappa shape index (κ1) is 9.52. The molecule has 0 amide bonds. The number of hydrogen-bond donors (Lipinski definition) is 0. The van der Waals surface area contributed by atoms with Crippen LogP contribution in [0.25, 0.3) is 10.8 Å². The molecule has 2 rings (SSSR count). The van der Waals surface area contributed by atoms with Gasteiger partial charge in [0.15, 0.2) is 0 Å². The molecule has 0 saturated carbocycles. The summed E-state index contributed by atoms with van der Waals surface area (Å²) < 4.78 is 9.88. The first-order valence-electron chi connectivity index (χ1n) is 4.51. The Hall–Kier alpha value is -2.03. The highest BCUT2D eigenvalue weighted by molar-refractivity contribution is 5.85. The van der Waals surface area contributed by atoms with Crippen molar-refractivity contribution in [1.29, 1.82) is 0 Å². The molecule has 0 aromatic heterocycles. The van der Waals surface area contributed by atoms with E-state index in [9.17, 15) is 4.79 Å². The molecular weight excluding hydrogens is 192 g/mol. The van der Waals surface area contributed by atoms with Gasteiger partial charge in [0, 0.05) is 0 Å². The molecule has 0 atom stereocenters. The van der Waals surface area contributed by atoms with Crippen LogP contribution in [0.4, 0.5) is 0 Å². The molecule has 0 fully saturated rings. The van der Waals surface area contributed by atoms with Crippen LogP contribution in [0.1, 0.15) is 0 Å². The van der Waals surface area contributed by atoms with Gasteiger partial charge >= 0.3 is 0 Å². The summed E-state index contributed by atoms with van der Waals surface area (Å²) in [6.45, 7) is 0.418. The van der Waals surface area contributed by atoms with Crippen molar-refractivity contribution in [2.24, 2.45) is 0 Å². The Labute approximate surface area is 87.2 Å². The third-order valence-corrected chi connectivity index (χ3v) is 2.20. The van der Waals surface area contributed by atoms with Crippen LogP contribution in [0.3, 0.4) is 0 Å². The minimum Gasteiger partial charge on any atom is -0.497 e. The molecule has 0 unspecified atom stereocenters. The van der Waals surface area contributed by atoms with Crippen molar-refractivity contribution >= 4 is 17.2 Å². The minimum absolute atomic E-state index is 0.418. The lowest BCUT2D eigenvalue weighted by atomic mass is 10.1. The molecule has 0 aliphatic carbocycles. The summed E-state index contributed by atoms with van der Waals surface area (Å²) >= 11 is 0. The lowest BCUT2D eigenvalue weighted by Crippen LogP contribution is -1.88. The van der Waals surface area contributed by atoms with Gasteiger partial charge in [0.1, 0.15) is 11.5 Å². The molecular formula is C12H10O3. The molecule has 0 aliphatic heterocycles. The van der Waals surface area contributed by atoms with Crippen LogP contribution >= 0.6 is 0 Å². The maximum atomic E-state index is 10.2. The largest absolute Gasteiger partial charge is 0.497 e. The van der Waals surface area contributed by atoms with Gasteiger partial charge in [-0.15, -0.1) is 0 Å². The Bertz CT molecular complexity index is 491. The van der Waals surface area contributed by atoms with Crippen LogP contribution in [0, 0.1) is 0 Å². The van der Waals surface area contributed by atoms with Gasteiger partial charge in [-0.3, -0.25) is 4.79 Å². The fraction of sp³-hybridized carbons (Fsp3) is 0.0833. The van der Waals surface area contributed by atoms with Crippen molar-refractivity contribution in [3.63, 3.8) is 0 Å². The first-order chi connectivity index (χ1) is 7.33. The van der Waals surface area contributed by atoms with Gasteiger partial charge in [-0.25, -0.2) is 0 Å². The van der Waals surface area contributed by atoms with Gasteiger partial charge in [-0.05, 0) is 35.0 Å². The quantitative estimate of drug-likeness (QED) is 0.717. The summed E-state index contributed by atoms with van der Waals surface area (Å²) in [7, 11) is 1.62. The summed E-state index contributed by atoms with van der Waals surface area (Å²) in [6.07, 6.45) is 0. The molecule has 0 N–H and O–H groups in total. The van der Waals surface area contributed by atoms with Crippen molar-refractivity contribution in [3.8, 4) is 11.5 Å². The molecule has 0 saturated heterocycles. The molecule has 3 heteroatoms. The number of rotatable bonds is 3. The monoisotopic (exact) mass is 202 g/mol. The maximum Gasteiger partial charge on any atom is 0.298 e. The third kappa shape index (κ3) is 1.91. The van der Waals surface area contributed by atoms with Crippen LogP contribution in [-0.4, -0.2) is 13.6 Å². The van der Waals surface area contributed by atoms with E-state index < -0.39 is 0 Å². The maximum absolute atomic E-state index is 10.2. The number of benzene rings is 2. The SMILES string of the molecule is COc1ccc2ccc(OC=O)cc2c1. The van der Waals surface area contributed by atoms with Gasteiger partial charge in [0.05, 0.1) is 7.11 Å². The predicted molar refractivity (Wildman–Crippen MR) is 57.2 cm³/mol. The summed E-state index contributed by atoms with van der Waals surface area (Å²) in [5.41, 5.74) is 0. The Morgan fingerprint density at radius 1 is 1.00 bits per heavy atom. The molecule has 0 bridgehead atoms. The van der Waals surface area contributed by atoms with Gasteiger partial charge in [0.2, 0.25) is 0 Å². The Kier molecular flexibility index (Phi) is 2.54. The zero-order valence-corrected chi connectivity index (χ0v) is 8.27. The highest BCUT2D eigenvalue weighted by Gasteiger charge is 1.98. The molecule has 2 aromatic carbocycles. The smallest absolute Gasteiger partial charge is 0.298 e. The average molecular weight is 202 g/mol. The van der Waals surface area contributed by atoms with Gasteiger partial charge in [-0.2, -0.15) is 0 Å². The molecule has 2 aromatic rings. The second-order valence-electron chi connectivity index (χ2n) is 3.09. The lowest BCUT2D eigenvalue weighted by molar-refractivity contribution is -0.120. The predicted octanol–water partition coefficient (Wildman–Crippen LogP) is 2.38. The van der Waals surface area contributed by atoms with Crippen LogP contribution < -0.4 is 9.47 Å². The van der Waals surface area contributed by atoms with E-state index in [0.717, 1.165) is 16.5 Å². The van der Waals surface area contributed by atoms with E-state index in [4.69, 9.17) is 9.47 Å². The molecule has 76 valence electrons. The fourth-order valence-electron chi connectivity index (χ4n) is 1.46. The van der Waals surface area contributed by atoms with Gasteiger partial charge < -0.3 is 9.47 Å². The summed E-state index contributed by atoms with van der Waals surface area (Å²) in [5.74, 6) is 1.32. The second-order valence-corrected chi connectivity index (χ2v) is 3.09. The highest BCUT2D eigenvalue weighted by atomic mass is 16.5. The van der Waals surface area contributed by atoms with Crippen LogP contribution in [0.2, 0.25) is 0 Å². The number of fused-ring (bicyclic) bond motifs is 1. The zero-order valence-electron chi connectivity index (χ0n) is 8.27. The summed E-state index contributed by atoms with van der Waals surface area (Å²) in [4.78, 5) is 10.2. The summed E-state index contributed by atoms with van der Waals surface area (Å²) in [5, 5.41) is 2.06. The topological polar surface area (TPSA) is 35.5 Å². The first-order valence-corrected chi connectivity index (χ1v) is 4.51. The van der Waals surface area contributed by atoms with E-state index in [0.29, 0.717) is 12.2 Å². The van der Waals surface area contributed by atoms with E-state index in [-0.39, 0.29) is 0 Å². The molecule has 0 radical (unpaired) electrons. The van der Waals surface area contributed by atoms with Crippen molar-refractivity contribution < 1.29 is 14.3 Å². The summed E-state index contributed by atoms with van der Waals surface area (Å²) in [6, 6.07) is 11.2. The molecule has 15 heavy (non-hydrogen) atoms. The molecule has 0 aliphatic rings. The van der Waals surface area contributed by atoms with Crippen molar-refractivity contribution in [2.75, 3.05) is 7.11 Å². The van der Waals surface area contributed by atoms with E-state index in [1.807, 2.05) is 24.3 Å². The van der Waals surface area contributed by atoms with Gasteiger partial charge in [-0.1, -0.05) is 12.1 Å². The third-order valence-electron chi connectivity index (χ3n) is 2.20. The number of hydrogen-bond acceptors (Lipinski definition) is 3. The van der Waals surface area contributed by atoms with Crippen LogP contribution in [-0.2, 0) is 4.79 Å². The molecule has 0 spiro atoms. The Morgan fingerprint density at radius 3 is 2.33 bits per heavy atom. The molecule has 0 heterocycles. The second kappa shape index (κ2) is 4.00. The standard InChI is InChI=1S/C12H10O3/c1-14-11-4-2-9-3-5-12(15-8-13)7-10(9)6-11/h2-8H,1H3. The molecule has 3 nitrogen and oxygen atoms in total.